The van der Waals surface area contributed by atoms with Crippen LogP contribution in [0.15, 0.2) is 42.5 Å². The van der Waals surface area contributed by atoms with Crippen molar-refractivity contribution in [2.75, 3.05) is 6.54 Å². The summed E-state index contributed by atoms with van der Waals surface area (Å²) in [6.45, 7) is 4.62. The largest absolute Gasteiger partial charge is 0.354 e. The van der Waals surface area contributed by atoms with Gasteiger partial charge in [-0.1, -0.05) is 56.3 Å². The molecule has 0 spiro atoms. The van der Waals surface area contributed by atoms with E-state index in [0.717, 1.165) is 16.3 Å². The van der Waals surface area contributed by atoms with Crippen molar-refractivity contribution in [3.63, 3.8) is 0 Å². The van der Waals surface area contributed by atoms with Gasteiger partial charge in [0.25, 0.3) is 0 Å². The van der Waals surface area contributed by atoms with Crippen molar-refractivity contribution < 1.29 is 4.79 Å². The third kappa shape index (κ3) is 3.73. The average Bonchev–Trinajstić information content (AvgIpc) is 2.45. The first-order valence-electron chi connectivity index (χ1n) is 6.95. The molecule has 2 rings (SSSR count). The molecule has 0 fully saturated rings. The fourth-order valence-corrected chi connectivity index (χ4v) is 2.21. The molecule has 1 unspecified atom stereocenters. The predicted octanol–water partition coefficient (Wildman–Crippen LogP) is 3.76. The fourth-order valence-electron chi connectivity index (χ4n) is 2.13. The van der Waals surface area contributed by atoms with Crippen LogP contribution in [0.4, 0.5) is 0 Å². The minimum absolute atomic E-state index is 0.0210. The first-order chi connectivity index (χ1) is 9.58. The molecule has 0 bridgehead atoms. The van der Waals surface area contributed by atoms with Crippen molar-refractivity contribution in [1.82, 2.24) is 5.32 Å². The van der Waals surface area contributed by atoms with E-state index >= 15 is 0 Å². The molecule has 20 heavy (non-hydrogen) atoms. The van der Waals surface area contributed by atoms with Crippen LogP contribution in [0.25, 0.3) is 10.8 Å². The summed E-state index contributed by atoms with van der Waals surface area (Å²) in [4.78, 5) is 12.0. The molecule has 1 N–H and O–H groups in total. The second-order valence-corrected chi connectivity index (χ2v) is 5.94. The minimum atomic E-state index is -0.0218. The molecule has 2 nitrogen and oxygen atoms in total. The van der Waals surface area contributed by atoms with Crippen LogP contribution < -0.4 is 5.32 Å². The minimum Gasteiger partial charge on any atom is -0.354 e. The number of hydrogen-bond donors (Lipinski definition) is 1. The van der Waals surface area contributed by atoms with E-state index in [2.05, 4.69) is 37.4 Å². The smallest absolute Gasteiger partial charge is 0.224 e. The Labute approximate surface area is 125 Å². The number of rotatable bonds is 5. The number of carbonyl (C=O) groups excluding carboxylic acids is 1. The van der Waals surface area contributed by atoms with E-state index in [1.165, 1.54) is 0 Å². The Balaban J connectivity index is 2.03. The van der Waals surface area contributed by atoms with Crippen molar-refractivity contribution in [3.8, 4) is 0 Å². The second kappa shape index (κ2) is 6.76. The van der Waals surface area contributed by atoms with E-state index in [9.17, 15) is 4.79 Å². The molecule has 2 aromatic rings. The number of nitrogens with one attached hydrogen (secondary N) is 1. The van der Waals surface area contributed by atoms with Gasteiger partial charge in [-0.25, -0.2) is 0 Å². The van der Waals surface area contributed by atoms with E-state index < -0.39 is 0 Å². The zero-order chi connectivity index (χ0) is 14.5. The van der Waals surface area contributed by atoms with E-state index in [0.29, 0.717) is 18.9 Å². The summed E-state index contributed by atoms with van der Waals surface area (Å²) in [5.74, 6) is 0.377. The van der Waals surface area contributed by atoms with Crippen LogP contribution >= 0.6 is 11.6 Å². The molecule has 0 aromatic heterocycles. The van der Waals surface area contributed by atoms with Crippen molar-refractivity contribution in [3.05, 3.63) is 48.0 Å². The molecule has 1 amide bonds. The van der Waals surface area contributed by atoms with Crippen molar-refractivity contribution in [2.24, 2.45) is 5.92 Å². The lowest BCUT2D eigenvalue weighted by Crippen LogP contribution is -2.33. The molecule has 0 aliphatic rings. The van der Waals surface area contributed by atoms with Crippen molar-refractivity contribution >= 4 is 28.3 Å². The standard InChI is InChI=1S/C17H20ClNO/c1-12(2)16(18)11-19-17(20)10-14-8-5-7-13-6-3-4-9-15(13)14/h3-9,12,16H,10-11H2,1-2H3,(H,19,20). The highest BCUT2D eigenvalue weighted by atomic mass is 35.5. The van der Waals surface area contributed by atoms with E-state index in [1.807, 2.05) is 24.3 Å². The number of carbonyl (C=O) groups is 1. The SMILES string of the molecule is CC(C)C(Cl)CNC(=O)Cc1cccc2ccccc12. The molecule has 0 aliphatic heterocycles. The molecule has 0 saturated carbocycles. The number of alkyl halides is 1. The van der Waals surface area contributed by atoms with E-state index in [1.54, 1.807) is 0 Å². The summed E-state index contributed by atoms with van der Waals surface area (Å²) in [5, 5.41) is 5.18. The lowest BCUT2D eigenvalue weighted by atomic mass is 10.0. The molecular weight excluding hydrogens is 270 g/mol. The lowest BCUT2D eigenvalue weighted by molar-refractivity contribution is -0.120. The highest BCUT2D eigenvalue weighted by Gasteiger charge is 2.12. The van der Waals surface area contributed by atoms with Gasteiger partial charge in [0, 0.05) is 6.54 Å². The van der Waals surface area contributed by atoms with E-state index in [-0.39, 0.29) is 11.3 Å². The monoisotopic (exact) mass is 289 g/mol. The zero-order valence-electron chi connectivity index (χ0n) is 11.9. The zero-order valence-corrected chi connectivity index (χ0v) is 12.7. The number of amides is 1. The van der Waals surface area contributed by atoms with Gasteiger partial charge in [0.2, 0.25) is 5.91 Å². The van der Waals surface area contributed by atoms with Gasteiger partial charge in [0.05, 0.1) is 11.8 Å². The normalized spacial score (nSPS) is 12.6. The summed E-state index contributed by atoms with van der Waals surface area (Å²) >= 11 is 6.14. The number of fused-ring (bicyclic) bond motifs is 1. The fraction of sp³-hybridized carbons (Fsp3) is 0.353. The summed E-state index contributed by atoms with van der Waals surface area (Å²) < 4.78 is 0. The van der Waals surface area contributed by atoms with Gasteiger partial charge in [0.15, 0.2) is 0 Å². The predicted molar refractivity (Wildman–Crippen MR) is 85.1 cm³/mol. The van der Waals surface area contributed by atoms with E-state index in [4.69, 9.17) is 11.6 Å². The Morgan fingerprint density at radius 1 is 1.15 bits per heavy atom. The Bertz CT molecular complexity index is 589. The molecular formula is C17H20ClNO. The summed E-state index contributed by atoms with van der Waals surface area (Å²) in [5.41, 5.74) is 1.05. The highest BCUT2D eigenvalue weighted by Crippen LogP contribution is 2.18. The van der Waals surface area contributed by atoms with Crippen LogP contribution in [-0.2, 0) is 11.2 Å². The maximum absolute atomic E-state index is 12.0. The van der Waals surface area contributed by atoms with Crippen LogP contribution in [-0.4, -0.2) is 17.8 Å². The van der Waals surface area contributed by atoms with Crippen LogP contribution in [0.1, 0.15) is 19.4 Å². The van der Waals surface area contributed by atoms with Gasteiger partial charge in [-0.2, -0.15) is 0 Å². The quantitative estimate of drug-likeness (QED) is 0.834. The van der Waals surface area contributed by atoms with Gasteiger partial charge in [-0.3, -0.25) is 4.79 Å². The van der Waals surface area contributed by atoms with Crippen LogP contribution in [0.5, 0.6) is 0 Å². The topological polar surface area (TPSA) is 29.1 Å². The molecule has 1 atom stereocenters. The van der Waals surface area contributed by atoms with Crippen molar-refractivity contribution in [1.29, 1.82) is 0 Å². The van der Waals surface area contributed by atoms with Gasteiger partial charge >= 0.3 is 0 Å². The Kier molecular flexibility index (Phi) is 5.02. The van der Waals surface area contributed by atoms with Gasteiger partial charge < -0.3 is 5.32 Å². The first-order valence-corrected chi connectivity index (χ1v) is 7.39. The average molecular weight is 290 g/mol. The summed E-state index contributed by atoms with van der Waals surface area (Å²) in [6, 6.07) is 14.2. The molecule has 0 saturated heterocycles. The van der Waals surface area contributed by atoms with Crippen LogP contribution in [0.2, 0.25) is 0 Å². The Morgan fingerprint density at radius 2 is 1.85 bits per heavy atom. The Morgan fingerprint density at radius 3 is 2.60 bits per heavy atom. The van der Waals surface area contributed by atoms with Crippen LogP contribution in [0, 0.1) is 5.92 Å². The molecule has 2 aromatic carbocycles. The number of halogens is 1. The molecule has 0 aliphatic carbocycles. The number of hydrogen-bond acceptors (Lipinski definition) is 1. The summed E-state index contributed by atoms with van der Waals surface area (Å²) in [6.07, 6.45) is 0.392. The number of benzene rings is 2. The summed E-state index contributed by atoms with van der Waals surface area (Å²) in [7, 11) is 0. The van der Waals surface area contributed by atoms with Gasteiger partial charge in [-0.15, -0.1) is 11.6 Å². The maximum Gasteiger partial charge on any atom is 0.224 e. The molecule has 3 heteroatoms. The second-order valence-electron chi connectivity index (χ2n) is 5.38. The maximum atomic E-state index is 12.0. The van der Waals surface area contributed by atoms with Gasteiger partial charge in [-0.05, 0) is 22.3 Å². The van der Waals surface area contributed by atoms with Gasteiger partial charge in [0.1, 0.15) is 0 Å². The molecule has 106 valence electrons. The first kappa shape index (κ1) is 14.9. The third-order valence-corrected chi connectivity index (χ3v) is 4.11. The lowest BCUT2D eigenvalue weighted by Gasteiger charge is -2.14. The Hall–Kier alpha value is -1.54. The highest BCUT2D eigenvalue weighted by molar-refractivity contribution is 6.21. The molecule has 0 heterocycles. The third-order valence-electron chi connectivity index (χ3n) is 3.45. The van der Waals surface area contributed by atoms with Crippen LogP contribution in [0.3, 0.4) is 0 Å². The van der Waals surface area contributed by atoms with Crippen molar-refractivity contribution in [2.45, 2.75) is 25.6 Å². The molecule has 0 radical (unpaired) electrons.